The molecule has 0 bridgehead atoms. The van der Waals surface area contributed by atoms with Gasteiger partial charge in [0.05, 0.1) is 37.5 Å². The van der Waals surface area contributed by atoms with E-state index in [9.17, 15) is 9.35 Å². The number of thiophene rings is 1. The molecule has 0 aliphatic rings. The van der Waals surface area contributed by atoms with Crippen molar-refractivity contribution in [2.24, 2.45) is 0 Å². The summed E-state index contributed by atoms with van der Waals surface area (Å²) in [6.45, 7) is 4.07. The van der Waals surface area contributed by atoms with Crippen molar-refractivity contribution in [3.05, 3.63) is 70.4 Å². The number of ether oxygens (including phenoxy) is 2. The van der Waals surface area contributed by atoms with E-state index < -0.39 is 17.4 Å². The van der Waals surface area contributed by atoms with Crippen LogP contribution in [0.3, 0.4) is 0 Å². The highest BCUT2D eigenvalue weighted by atomic mass is 32.2. The fraction of sp³-hybridized carbons (Fsp3) is 0.261. The second-order valence-corrected chi connectivity index (χ2v) is 8.92. The first-order valence-electron chi connectivity index (χ1n) is 9.63. The van der Waals surface area contributed by atoms with Gasteiger partial charge < -0.3 is 14.0 Å². The topological polar surface area (TPSA) is 70.6 Å². The lowest BCUT2D eigenvalue weighted by molar-refractivity contribution is -0.143. The molecule has 0 spiro atoms. The number of methoxy groups -OCH3 is 1. The van der Waals surface area contributed by atoms with Crippen molar-refractivity contribution in [2.45, 2.75) is 31.2 Å². The molecule has 0 radical (unpaired) electrons. The molecule has 0 fully saturated rings. The predicted molar refractivity (Wildman–Crippen MR) is 121 cm³/mol. The van der Waals surface area contributed by atoms with Crippen LogP contribution < -0.4 is 9.46 Å². The van der Waals surface area contributed by atoms with Crippen molar-refractivity contribution in [1.82, 2.24) is 4.72 Å². The van der Waals surface area contributed by atoms with Crippen LogP contribution in [-0.2, 0) is 20.9 Å². The molecule has 5 nitrogen and oxygen atoms in total. The average Bonchev–Trinajstić information content (AvgIpc) is 3.24. The maximum Gasteiger partial charge on any atom is 0.307 e. The maximum absolute atomic E-state index is 12.9. The molecule has 1 N–H and O–H groups in total. The molecule has 0 aliphatic heterocycles. The largest absolute Gasteiger partial charge is 0.593 e. The molecule has 0 amide bonds. The van der Waals surface area contributed by atoms with Gasteiger partial charge in [-0.2, -0.15) is 0 Å². The molecule has 0 saturated heterocycles. The summed E-state index contributed by atoms with van der Waals surface area (Å²) in [6, 6.07) is 16.9. The predicted octanol–water partition coefficient (Wildman–Crippen LogP) is 5.04. The minimum Gasteiger partial charge on any atom is -0.593 e. The summed E-state index contributed by atoms with van der Waals surface area (Å²) in [7, 11) is 1.64. The lowest BCUT2D eigenvalue weighted by atomic mass is 10.1. The van der Waals surface area contributed by atoms with Crippen molar-refractivity contribution in [2.75, 3.05) is 13.7 Å². The van der Waals surface area contributed by atoms with E-state index in [0.29, 0.717) is 11.5 Å². The molecule has 158 valence electrons. The number of aryl methyl sites for hydroxylation is 1. The molecule has 1 aromatic heterocycles. The Balaban J connectivity index is 1.83. The first-order chi connectivity index (χ1) is 14.5. The van der Waals surface area contributed by atoms with E-state index in [1.165, 1.54) is 11.3 Å². The smallest absolute Gasteiger partial charge is 0.307 e. The first kappa shape index (κ1) is 22.4. The number of esters is 1. The van der Waals surface area contributed by atoms with Gasteiger partial charge in [-0.1, -0.05) is 29.8 Å². The van der Waals surface area contributed by atoms with E-state index in [4.69, 9.17) is 9.47 Å². The Morgan fingerprint density at radius 1 is 1.17 bits per heavy atom. The SMILES string of the molecule is CCOC(=O)C[C@H](N[S@+]([O-])c1ccc(C)cc1)c1cc(-c2cccc(OC)c2)cs1. The number of hydrogen-bond acceptors (Lipinski definition) is 6. The van der Waals surface area contributed by atoms with Crippen LogP contribution in [0.5, 0.6) is 5.75 Å². The summed E-state index contributed by atoms with van der Waals surface area (Å²) in [5, 5.41) is 2.03. The number of carbonyl (C=O) groups is 1. The molecule has 1 heterocycles. The Labute approximate surface area is 184 Å². The molecule has 3 aromatic rings. The minimum absolute atomic E-state index is 0.101. The average molecular weight is 444 g/mol. The molecule has 0 unspecified atom stereocenters. The van der Waals surface area contributed by atoms with Crippen molar-refractivity contribution >= 4 is 28.7 Å². The molecular weight excluding hydrogens is 418 g/mol. The van der Waals surface area contributed by atoms with Crippen LogP contribution in [0.1, 0.15) is 29.8 Å². The highest BCUT2D eigenvalue weighted by Crippen LogP contribution is 2.33. The Bertz CT molecular complexity index is 971. The Morgan fingerprint density at radius 3 is 2.63 bits per heavy atom. The van der Waals surface area contributed by atoms with Gasteiger partial charge in [0.1, 0.15) is 5.75 Å². The highest BCUT2D eigenvalue weighted by Gasteiger charge is 2.25. The number of rotatable bonds is 9. The summed E-state index contributed by atoms with van der Waals surface area (Å²) in [6.07, 6.45) is 0.101. The molecule has 7 heteroatoms. The highest BCUT2D eigenvalue weighted by molar-refractivity contribution is 7.89. The van der Waals surface area contributed by atoms with E-state index in [1.807, 2.05) is 66.9 Å². The second kappa shape index (κ2) is 10.6. The molecular formula is C23H25NO4S2. The lowest BCUT2D eigenvalue weighted by Crippen LogP contribution is -2.30. The summed E-state index contributed by atoms with van der Waals surface area (Å²) in [5.41, 5.74) is 3.14. The van der Waals surface area contributed by atoms with Gasteiger partial charge in [0.15, 0.2) is 4.90 Å². The van der Waals surface area contributed by atoms with Crippen molar-refractivity contribution in [1.29, 1.82) is 0 Å². The van der Waals surface area contributed by atoms with E-state index in [-0.39, 0.29) is 12.4 Å². The third-order valence-electron chi connectivity index (χ3n) is 4.53. The number of hydrogen-bond donors (Lipinski definition) is 1. The van der Waals surface area contributed by atoms with Gasteiger partial charge >= 0.3 is 5.97 Å². The number of carbonyl (C=O) groups excluding carboxylic acids is 1. The second-order valence-electron chi connectivity index (χ2n) is 6.73. The Morgan fingerprint density at radius 2 is 1.93 bits per heavy atom. The minimum atomic E-state index is -1.45. The molecule has 3 rings (SSSR count). The van der Waals surface area contributed by atoms with Gasteiger partial charge in [-0.3, -0.25) is 4.79 Å². The molecule has 0 aliphatic carbocycles. The maximum atomic E-state index is 12.9. The third kappa shape index (κ3) is 5.86. The quantitative estimate of drug-likeness (QED) is 0.371. The fourth-order valence-corrected chi connectivity index (χ4v) is 4.97. The van der Waals surface area contributed by atoms with Crippen molar-refractivity contribution < 1.29 is 18.8 Å². The Kier molecular flexibility index (Phi) is 7.93. The van der Waals surface area contributed by atoms with Gasteiger partial charge in [-0.05, 0) is 60.7 Å². The summed E-state index contributed by atoms with van der Waals surface area (Å²) in [4.78, 5) is 13.8. The monoisotopic (exact) mass is 443 g/mol. The van der Waals surface area contributed by atoms with E-state index in [0.717, 1.165) is 27.3 Å². The molecule has 30 heavy (non-hydrogen) atoms. The zero-order valence-corrected chi connectivity index (χ0v) is 18.8. The van der Waals surface area contributed by atoms with E-state index in [2.05, 4.69) is 4.72 Å². The summed E-state index contributed by atoms with van der Waals surface area (Å²) >= 11 is 0.0661. The van der Waals surface area contributed by atoms with Crippen LogP contribution in [-0.4, -0.2) is 24.2 Å². The van der Waals surface area contributed by atoms with Crippen LogP contribution in [0.15, 0.2) is 64.9 Å². The van der Waals surface area contributed by atoms with Gasteiger partial charge in [0.2, 0.25) is 0 Å². The number of benzene rings is 2. The van der Waals surface area contributed by atoms with Gasteiger partial charge in [-0.15, -0.1) is 16.1 Å². The number of nitrogens with one attached hydrogen (secondary N) is 1. The van der Waals surface area contributed by atoms with Crippen LogP contribution in [0.25, 0.3) is 11.1 Å². The summed E-state index contributed by atoms with van der Waals surface area (Å²) < 4.78 is 26.4. The van der Waals surface area contributed by atoms with Crippen LogP contribution in [0.2, 0.25) is 0 Å². The van der Waals surface area contributed by atoms with E-state index >= 15 is 0 Å². The Hall–Kier alpha value is -2.32. The third-order valence-corrected chi connectivity index (χ3v) is 6.77. The first-order valence-corrected chi connectivity index (χ1v) is 11.7. The molecule has 0 saturated carbocycles. The lowest BCUT2D eigenvalue weighted by Gasteiger charge is -2.18. The summed E-state index contributed by atoms with van der Waals surface area (Å²) in [5.74, 6) is 0.453. The zero-order chi connectivity index (χ0) is 21.5. The van der Waals surface area contributed by atoms with Crippen LogP contribution in [0.4, 0.5) is 0 Å². The van der Waals surface area contributed by atoms with Crippen molar-refractivity contribution in [3.63, 3.8) is 0 Å². The van der Waals surface area contributed by atoms with Crippen LogP contribution >= 0.6 is 11.3 Å². The fourth-order valence-electron chi connectivity index (χ4n) is 2.94. The van der Waals surface area contributed by atoms with Crippen molar-refractivity contribution in [3.8, 4) is 16.9 Å². The standard InChI is InChI=1S/C23H25NO4S2/c1-4-28-23(25)14-21(24-30(26)20-10-8-16(2)9-11-20)22-13-18(15-29-22)17-6-5-7-19(12-17)27-3/h5-13,15,21,24H,4,14H2,1-3H3/t21-,30+/m0/s1. The zero-order valence-electron chi connectivity index (χ0n) is 17.2. The normalized spacial score (nSPS) is 12.9. The van der Waals surface area contributed by atoms with Gasteiger partial charge in [-0.25, -0.2) is 0 Å². The van der Waals surface area contributed by atoms with E-state index in [1.54, 1.807) is 14.0 Å². The van der Waals surface area contributed by atoms with Gasteiger partial charge in [0.25, 0.3) is 0 Å². The molecule has 2 atom stereocenters. The van der Waals surface area contributed by atoms with Gasteiger partial charge in [0, 0.05) is 4.88 Å². The molecule has 2 aromatic carbocycles. The van der Waals surface area contributed by atoms with Crippen LogP contribution in [0, 0.1) is 6.92 Å².